The van der Waals surface area contributed by atoms with Gasteiger partial charge < -0.3 is 14.6 Å². The Morgan fingerprint density at radius 3 is 2.79 bits per heavy atom. The molecule has 1 N–H and O–H groups in total. The van der Waals surface area contributed by atoms with Gasteiger partial charge in [-0.25, -0.2) is 0 Å². The van der Waals surface area contributed by atoms with Crippen LogP contribution in [-0.2, 0) is 13.0 Å². The highest BCUT2D eigenvalue weighted by Crippen LogP contribution is 2.11. The van der Waals surface area contributed by atoms with Crippen LogP contribution < -0.4 is 10.2 Å². The van der Waals surface area contributed by atoms with Crippen molar-refractivity contribution in [1.29, 1.82) is 0 Å². The third-order valence-electron chi connectivity index (χ3n) is 2.79. The summed E-state index contributed by atoms with van der Waals surface area (Å²) >= 11 is 0. The fourth-order valence-electron chi connectivity index (χ4n) is 1.64. The van der Waals surface area contributed by atoms with Gasteiger partial charge in [-0.05, 0) is 30.7 Å². The summed E-state index contributed by atoms with van der Waals surface area (Å²) in [5.74, 6) is 0.618. The summed E-state index contributed by atoms with van der Waals surface area (Å²) < 4.78 is 5.56. The number of pyridine rings is 1. The van der Waals surface area contributed by atoms with Crippen LogP contribution in [0.25, 0.3) is 0 Å². The van der Waals surface area contributed by atoms with Crippen molar-refractivity contribution in [2.75, 3.05) is 25.0 Å². The lowest BCUT2D eigenvalue weighted by Crippen LogP contribution is -2.20. The number of aromatic nitrogens is 3. The van der Waals surface area contributed by atoms with E-state index in [1.165, 1.54) is 5.56 Å². The lowest BCUT2D eigenvalue weighted by Gasteiger charge is -2.13. The molecular weight excluding hydrogens is 242 g/mol. The molecule has 6 heteroatoms. The van der Waals surface area contributed by atoms with Crippen molar-refractivity contribution in [3.05, 3.63) is 36.0 Å². The standard InChI is InChI=1S/C13H19N5O/c1-3-14-10-12-16-17-13(19-12)18(2)9-6-11-4-7-15-8-5-11/h4-5,7-8,14H,3,6,9-10H2,1-2H3. The largest absolute Gasteiger partial charge is 0.407 e. The summed E-state index contributed by atoms with van der Waals surface area (Å²) in [6, 6.07) is 4.58. The fourth-order valence-corrected chi connectivity index (χ4v) is 1.64. The van der Waals surface area contributed by atoms with Gasteiger partial charge in [0.25, 0.3) is 0 Å². The number of anilines is 1. The van der Waals surface area contributed by atoms with Crippen molar-refractivity contribution in [1.82, 2.24) is 20.5 Å². The molecule has 0 amide bonds. The van der Waals surface area contributed by atoms with Gasteiger partial charge in [-0.2, -0.15) is 0 Å². The summed E-state index contributed by atoms with van der Waals surface area (Å²) in [6.07, 6.45) is 4.52. The molecule has 2 aromatic heterocycles. The SMILES string of the molecule is CCNCc1nnc(N(C)CCc2ccncc2)o1. The number of hydrogen-bond donors (Lipinski definition) is 1. The summed E-state index contributed by atoms with van der Waals surface area (Å²) in [5, 5.41) is 11.2. The summed E-state index contributed by atoms with van der Waals surface area (Å²) in [5.41, 5.74) is 1.24. The van der Waals surface area contributed by atoms with Crippen LogP contribution in [0, 0.1) is 0 Å². The topological polar surface area (TPSA) is 67.1 Å². The van der Waals surface area contributed by atoms with E-state index in [-0.39, 0.29) is 0 Å². The zero-order valence-corrected chi connectivity index (χ0v) is 11.3. The quantitative estimate of drug-likeness (QED) is 0.809. The molecule has 102 valence electrons. The third-order valence-corrected chi connectivity index (χ3v) is 2.79. The highest BCUT2D eigenvalue weighted by Gasteiger charge is 2.10. The molecule has 0 saturated carbocycles. The summed E-state index contributed by atoms with van der Waals surface area (Å²) in [4.78, 5) is 5.96. The van der Waals surface area contributed by atoms with Crippen molar-refractivity contribution >= 4 is 6.01 Å². The smallest absolute Gasteiger partial charge is 0.317 e. The van der Waals surface area contributed by atoms with E-state index in [0.717, 1.165) is 19.5 Å². The highest BCUT2D eigenvalue weighted by atomic mass is 16.4. The molecule has 0 bridgehead atoms. The molecule has 6 nitrogen and oxygen atoms in total. The first-order valence-electron chi connectivity index (χ1n) is 6.42. The first-order valence-corrected chi connectivity index (χ1v) is 6.42. The van der Waals surface area contributed by atoms with E-state index in [1.54, 1.807) is 12.4 Å². The number of nitrogens with zero attached hydrogens (tertiary/aromatic N) is 4. The first-order chi connectivity index (χ1) is 9.29. The van der Waals surface area contributed by atoms with E-state index in [9.17, 15) is 0 Å². The lowest BCUT2D eigenvalue weighted by molar-refractivity contribution is 0.469. The molecule has 0 spiro atoms. The number of rotatable bonds is 7. The van der Waals surface area contributed by atoms with Crippen LogP contribution in [0.4, 0.5) is 6.01 Å². The Hall–Kier alpha value is -1.95. The molecule has 2 aromatic rings. The zero-order valence-electron chi connectivity index (χ0n) is 11.3. The van der Waals surface area contributed by atoms with Gasteiger partial charge in [0.1, 0.15) is 0 Å². The Morgan fingerprint density at radius 1 is 1.26 bits per heavy atom. The molecule has 19 heavy (non-hydrogen) atoms. The predicted octanol–water partition coefficient (Wildman–Crippen LogP) is 1.25. The van der Waals surface area contributed by atoms with E-state index in [2.05, 4.69) is 20.5 Å². The minimum Gasteiger partial charge on any atom is -0.407 e. The molecular formula is C13H19N5O. The van der Waals surface area contributed by atoms with Crippen LogP contribution in [0.1, 0.15) is 18.4 Å². The van der Waals surface area contributed by atoms with Crippen LogP contribution in [0.2, 0.25) is 0 Å². The fraction of sp³-hybridized carbons (Fsp3) is 0.462. The molecule has 0 aliphatic heterocycles. The molecule has 0 radical (unpaired) electrons. The molecule has 0 atom stereocenters. The molecule has 0 fully saturated rings. The van der Waals surface area contributed by atoms with Crippen LogP contribution in [0.3, 0.4) is 0 Å². The molecule has 0 aromatic carbocycles. The van der Waals surface area contributed by atoms with Crippen LogP contribution >= 0.6 is 0 Å². The normalized spacial score (nSPS) is 10.6. The van der Waals surface area contributed by atoms with Crippen LogP contribution in [0.15, 0.2) is 28.9 Å². The second-order valence-electron chi connectivity index (χ2n) is 4.29. The Bertz CT molecular complexity index is 485. The molecule has 0 saturated heterocycles. The zero-order chi connectivity index (χ0) is 13.5. The van der Waals surface area contributed by atoms with Gasteiger partial charge in [-0.1, -0.05) is 12.0 Å². The van der Waals surface area contributed by atoms with Gasteiger partial charge in [-0.3, -0.25) is 4.98 Å². The van der Waals surface area contributed by atoms with Crippen molar-refractivity contribution < 1.29 is 4.42 Å². The van der Waals surface area contributed by atoms with Crippen molar-refractivity contribution in [3.63, 3.8) is 0 Å². The molecule has 2 heterocycles. The molecule has 0 aliphatic carbocycles. The average molecular weight is 261 g/mol. The van der Waals surface area contributed by atoms with Crippen LogP contribution in [0.5, 0.6) is 0 Å². The maximum absolute atomic E-state index is 5.56. The first kappa shape index (κ1) is 13.5. The van der Waals surface area contributed by atoms with Crippen molar-refractivity contribution in [3.8, 4) is 0 Å². The Morgan fingerprint density at radius 2 is 2.05 bits per heavy atom. The van der Waals surface area contributed by atoms with Crippen molar-refractivity contribution in [2.24, 2.45) is 0 Å². The van der Waals surface area contributed by atoms with E-state index >= 15 is 0 Å². The van der Waals surface area contributed by atoms with E-state index in [0.29, 0.717) is 18.5 Å². The average Bonchev–Trinajstić information content (AvgIpc) is 2.92. The Labute approximate surface area is 112 Å². The van der Waals surface area contributed by atoms with E-state index < -0.39 is 0 Å². The summed E-state index contributed by atoms with van der Waals surface area (Å²) in [6.45, 7) is 4.36. The second kappa shape index (κ2) is 6.84. The third kappa shape index (κ3) is 4.03. The molecule has 2 rings (SSSR count). The number of nitrogens with one attached hydrogen (secondary N) is 1. The second-order valence-corrected chi connectivity index (χ2v) is 4.29. The van der Waals surface area contributed by atoms with Gasteiger partial charge in [0.2, 0.25) is 5.89 Å². The van der Waals surface area contributed by atoms with E-state index in [1.807, 2.05) is 31.0 Å². The minimum absolute atomic E-state index is 0.557. The van der Waals surface area contributed by atoms with Gasteiger partial charge in [0, 0.05) is 26.0 Å². The number of hydrogen-bond acceptors (Lipinski definition) is 6. The maximum atomic E-state index is 5.56. The van der Waals surface area contributed by atoms with Crippen LogP contribution in [-0.4, -0.2) is 35.3 Å². The van der Waals surface area contributed by atoms with E-state index in [4.69, 9.17) is 4.42 Å². The van der Waals surface area contributed by atoms with Gasteiger partial charge in [0.15, 0.2) is 0 Å². The lowest BCUT2D eigenvalue weighted by atomic mass is 10.2. The summed E-state index contributed by atoms with van der Waals surface area (Å²) in [7, 11) is 1.95. The van der Waals surface area contributed by atoms with Gasteiger partial charge in [0.05, 0.1) is 6.54 Å². The monoisotopic (exact) mass is 261 g/mol. The minimum atomic E-state index is 0.557. The maximum Gasteiger partial charge on any atom is 0.317 e. The number of likely N-dealkylation sites (N-methyl/N-ethyl adjacent to an activating group) is 1. The molecule has 0 aliphatic rings. The Kier molecular flexibility index (Phi) is 4.85. The van der Waals surface area contributed by atoms with Gasteiger partial charge >= 0.3 is 6.01 Å². The molecule has 0 unspecified atom stereocenters. The van der Waals surface area contributed by atoms with Gasteiger partial charge in [-0.15, -0.1) is 5.10 Å². The highest BCUT2D eigenvalue weighted by molar-refractivity contribution is 5.23. The van der Waals surface area contributed by atoms with Crippen molar-refractivity contribution in [2.45, 2.75) is 19.9 Å². The Balaban J connectivity index is 1.85. The predicted molar refractivity (Wildman–Crippen MR) is 72.9 cm³/mol.